The van der Waals surface area contributed by atoms with Crippen LogP contribution in [0.4, 0.5) is 17.6 Å². The van der Waals surface area contributed by atoms with E-state index in [9.17, 15) is 21.8 Å². The molecule has 0 bridgehead atoms. The topological polar surface area (TPSA) is 73.6 Å². The van der Waals surface area contributed by atoms with Gasteiger partial charge in [0.2, 0.25) is 0 Å². The summed E-state index contributed by atoms with van der Waals surface area (Å²) in [6.45, 7) is 3.55. The van der Waals surface area contributed by atoms with E-state index < -0.39 is 24.2 Å². The lowest BCUT2D eigenvalue weighted by atomic mass is 10.1. The fraction of sp³-hybridized carbons (Fsp3) is 0.455. The maximum absolute atomic E-state index is 12.1. The highest BCUT2D eigenvalue weighted by molar-refractivity contribution is 7.84. The third-order valence-corrected chi connectivity index (χ3v) is 5.71. The lowest BCUT2D eigenvalue weighted by Crippen LogP contribution is -2.34. The van der Waals surface area contributed by atoms with Crippen LogP contribution in [0.5, 0.6) is 11.5 Å². The predicted octanol–water partition coefficient (Wildman–Crippen LogP) is 6.13. The fourth-order valence-corrected chi connectivity index (χ4v) is 3.15. The highest BCUT2D eigenvalue weighted by Gasteiger charge is 2.21. The highest BCUT2D eigenvalue weighted by Crippen LogP contribution is 2.22. The highest BCUT2D eigenvalue weighted by atomic mass is 35.5. The first-order valence-corrected chi connectivity index (χ1v) is 11.0. The van der Waals surface area contributed by atoms with Gasteiger partial charge in [-0.05, 0) is 70.0 Å². The zero-order valence-electron chi connectivity index (χ0n) is 19.1. The van der Waals surface area contributed by atoms with Crippen molar-refractivity contribution in [3.05, 3.63) is 59.7 Å². The Hall–Kier alpha value is -1.88. The normalized spacial score (nSPS) is 13.9. The second kappa shape index (κ2) is 14.4. The molecule has 0 heterocycles. The number of hydrogen-bond acceptors (Lipinski definition) is 4. The standard InChI is InChI=1S/C13H19F2NO2S.C9H11F2NO.ClH/c1-9(16-19(17)13(2,3)4)10-6-5-7-11(8-10)18-12(14)15;1-6(12)7-3-2-4-8(5-7)13-9(10)11;/h5-9,12,16H,1-4H3;2-6,9H,12H2,1H3;1H/t9-,19+;6-;/m00./s1. The van der Waals surface area contributed by atoms with Gasteiger partial charge in [0.1, 0.15) is 11.5 Å². The molecule has 0 amide bonds. The molecule has 3 N–H and O–H groups in total. The number of rotatable bonds is 8. The summed E-state index contributed by atoms with van der Waals surface area (Å²) in [5.41, 5.74) is 7.09. The molecule has 0 fully saturated rings. The lowest BCUT2D eigenvalue weighted by molar-refractivity contribution is -0.0505. The first-order valence-electron chi connectivity index (χ1n) is 9.82. The summed E-state index contributed by atoms with van der Waals surface area (Å²) >= 11 is 0. The van der Waals surface area contributed by atoms with Crippen LogP contribution >= 0.6 is 12.4 Å². The van der Waals surface area contributed by atoms with Crippen molar-refractivity contribution < 1.29 is 31.2 Å². The Morgan fingerprint density at radius 3 is 1.70 bits per heavy atom. The molecule has 5 nitrogen and oxygen atoms in total. The monoisotopic (exact) mass is 514 g/mol. The third kappa shape index (κ3) is 12.2. The number of hydrogen-bond donors (Lipinski definition) is 2. The SMILES string of the molecule is C[C@H](N)c1cccc(OC(F)F)c1.C[C@H](N[S@](=O)C(C)(C)C)c1cccc(OC(F)F)c1.Cl. The summed E-state index contributed by atoms with van der Waals surface area (Å²) in [5, 5.41) is 0. The van der Waals surface area contributed by atoms with Crippen LogP contribution in [0.3, 0.4) is 0 Å². The second-order valence-corrected chi connectivity index (χ2v) is 9.91. The van der Waals surface area contributed by atoms with Crippen molar-refractivity contribution in [3.63, 3.8) is 0 Å². The minimum atomic E-state index is -2.85. The molecule has 3 atom stereocenters. The molecule has 0 saturated heterocycles. The van der Waals surface area contributed by atoms with Crippen LogP contribution in [0.15, 0.2) is 48.5 Å². The average molecular weight is 515 g/mol. The van der Waals surface area contributed by atoms with E-state index in [4.69, 9.17) is 5.73 Å². The molecule has 2 rings (SSSR count). The molecule has 0 aliphatic carbocycles. The van der Waals surface area contributed by atoms with Gasteiger partial charge in [0.25, 0.3) is 0 Å². The van der Waals surface area contributed by atoms with Crippen LogP contribution in [0.25, 0.3) is 0 Å². The molecule has 0 aromatic heterocycles. The van der Waals surface area contributed by atoms with Crippen LogP contribution in [-0.4, -0.2) is 22.2 Å². The Labute approximate surface area is 201 Å². The zero-order chi connectivity index (χ0) is 24.5. The average Bonchev–Trinajstić information content (AvgIpc) is 2.67. The number of ether oxygens (including phenoxy) is 2. The molecule has 11 heteroatoms. The summed E-state index contributed by atoms with van der Waals surface area (Å²) in [4.78, 5) is 0. The predicted molar refractivity (Wildman–Crippen MR) is 125 cm³/mol. The van der Waals surface area contributed by atoms with Gasteiger partial charge < -0.3 is 15.2 Å². The van der Waals surface area contributed by atoms with E-state index in [0.29, 0.717) is 0 Å². The molecule has 0 radical (unpaired) electrons. The second-order valence-electron chi connectivity index (χ2n) is 7.91. The molecule has 188 valence electrons. The van der Waals surface area contributed by atoms with E-state index in [2.05, 4.69) is 14.2 Å². The molecule has 33 heavy (non-hydrogen) atoms. The molecule has 0 spiro atoms. The molecular weight excluding hydrogens is 484 g/mol. The van der Waals surface area contributed by atoms with Gasteiger partial charge >= 0.3 is 13.2 Å². The van der Waals surface area contributed by atoms with Crippen molar-refractivity contribution in [2.24, 2.45) is 5.73 Å². The van der Waals surface area contributed by atoms with Crippen LogP contribution in [0.1, 0.15) is 57.8 Å². The van der Waals surface area contributed by atoms with Gasteiger partial charge in [-0.25, -0.2) is 8.93 Å². The Morgan fingerprint density at radius 2 is 1.30 bits per heavy atom. The Bertz CT molecular complexity index is 868. The van der Waals surface area contributed by atoms with E-state index in [1.54, 1.807) is 31.2 Å². The number of alkyl halides is 4. The molecule has 2 aromatic carbocycles. The van der Waals surface area contributed by atoms with Gasteiger partial charge in [-0.15, -0.1) is 12.4 Å². The molecular formula is C22H31ClF4N2O3S. The van der Waals surface area contributed by atoms with Crippen LogP contribution < -0.4 is 19.9 Å². The maximum Gasteiger partial charge on any atom is 0.387 e. The van der Waals surface area contributed by atoms with Crippen LogP contribution in [0.2, 0.25) is 0 Å². The number of halogens is 5. The van der Waals surface area contributed by atoms with E-state index >= 15 is 0 Å². The van der Waals surface area contributed by atoms with Gasteiger partial charge in [-0.2, -0.15) is 17.6 Å². The summed E-state index contributed by atoms with van der Waals surface area (Å²) in [6.07, 6.45) is 0. The van der Waals surface area contributed by atoms with Crippen molar-refractivity contribution in [1.29, 1.82) is 0 Å². The zero-order valence-corrected chi connectivity index (χ0v) is 20.7. The first-order chi connectivity index (χ1) is 14.8. The van der Waals surface area contributed by atoms with Gasteiger partial charge in [0.05, 0.1) is 15.7 Å². The van der Waals surface area contributed by atoms with Crippen LogP contribution in [0, 0.1) is 0 Å². The summed E-state index contributed by atoms with van der Waals surface area (Å²) < 4.78 is 70.9. The maximum atomic E-state index is 12.1. The van der Waals surface area contributed by atoms with E-state index in [1.807, 2.05) is 27.7 Å². The van der Waals surface area contributed by atoms with Crippen molar-refractivity contribution >= 4 is 23.4 Å². The van der Waals surface area contributed by atoms with Crippen LogP contribution in [-0.2, 0) is 11.0 Å². The van der Waals surface area contributed by atoms with Crippen molar-refractivity contribution in [1.82, 2.24) is 4.72 Å². The van der Waals surface area contributed by atoms with Crippen molar-refractivity contribution in [3.8, 4) is 11.5 Å². The lowest BCUT2D eigenvalue weighted by Gasteiger charge is -2.22. The van der Waals surface area contributed by atoms with Gasteiger partial charge in [0, 0.05) is 12.1 Å². The third-order valence-electron chi connectivity index (χ3n) is 4.03. The largest absolute Gasteiger partial charge is 0.435 e. The van der Waals surface area contributed by atoms with E-state index in [0.717, 1.165) is 11.1 Å². The fourth-order valence-electron chi connectivity index (χ4n) is 2.34. The number of nitrogens with two attached hydrogens (primary N) is 1. The van der Waals surface area contributed by atoms with E-state index in [1.165, 1.54) is 24.3 Å². The van der Waals surface area contributed by atoms with Gasteiger partial charge in [0.15, 0.2) is 0 Å². The Kier molecular flexibility index (Phi) is 13.6. The number of benzene rings is 2. The van der Waals surface area contributed by atoms with E-state index in [-0.39, 0.29) is 40.7 Å². The van der Waals surface area contributed by atoms with Crippen molar-refractivity contribution in [2.75, 3.05) is 0 Å². The minimum Gasteiger partial charge on any atom is -0.435 e. The first kappa shape index (κ1) is 31.1. The molecule has 0 aliphatic heterocycles. The Morgan fingerprint density at radius 1 is 0.879 bits per heavy atom. The van der Waals surface area contributed by atoms with Gasteiger partial charge in [-0.3, -0.25) is 0 Å². The summed E-state index contributed by atoms with van der Waals surface area (Å²) in [7, 11) is -1.22. The van der Waals surface area contributed by atoms with Crippen molar-refractivity contribution in [2.45, 2.75) is 64.7 Å². The summed E-state index contributed by atoms with van der Waals surface area (Å²) in [6, 6.07) is 12.4. The quantitative estimate of drug-likeness (QED) is 0.415. The van der Waals surface area contributed by atoms with Gasteiger partial charge in [-0.1, -0.05) is 24.3 Å². The molecule has 2 aromatic rings. The number of nitrogens with one attached hydrogen (secondary N) is 1. The molecule has 0 saturated carbocycles. The smallest absolute Gasteiger partial charge is 0.387 e. The molecule has 0 unspecified atom stereocenters. The minimum absolute atomic E-state index is 0. The molecule has 0 aliphatic rings. The summed E-state index contributed by atoms with van der Waals surface area (Å²) in [5.74, 6) is 0.243. The Balaban J connectivity index is 0.000000642.